The molecule has 140 valence electrons. The van der Waals surface area contributed by atoms with E-state index in [0.29, 0.717) is 23.3 Å². The molecule has 10 heteroatoms. The van der Waals surface area contributed by atoms with Gasteiger partial charge in [-0.2, -0.15) is 15.0 Å². The SMILES string of the molecule is COc1nc(CNC(=O)c2cc(-c3ccco3)on2)nc(N2CCCC2)n1. The van der Waals surface area contributed by atoms with Crippen molar-refractivity contribution in [3.05, 3.63) is 36.0 Å². The van der Waals surface area contributed by atoms with Crippen LogP contribution in [-0.2, 0) is 6.54 Å². The molecule has 10 nitrogen and oxygen atoms in total. The number of methoxy groups -OCH3 is 1. The lowest BCUT2D eigenvalue weighted by Gasteiger charge is -2.16. The second-order valence-corrected chi connectivity index (χ2v) is 5.97. The van der Waals surface area contributed by atoms with Crippen molar-refractivity contribution in [3.63, 3.8) is 0 Å². The van der Waals surface area contributed by atoms with Crippen LogP contribution in [0.15, 0.2) is 33.4 Å². The predicted molar refractivity (Wildman–Crippen MR) is 93.2 cm³/mol. The Hall–Kier alpha value is -3.43. The Labute approximate surface area is 154 Å². The lowest BCUT2D eigenvalue weighted by Crippen LogP contribution is -2.26. The minimum Gasteiger partial charge on any atom is -0.467 e. The molecule has 0 saturated carbocycles. The maximum atomic E-state index is 12.3. The van der Waals surface area contributed by atoms with Crippen LogP contribution < -0.4 is 15.0 Å². The van der Waals surface area contributed by atoms with Gasteiger partial charge < -0.3 is 23.9 Å². The number of anilines is 1. The Bertz CT molecular complexity index is 917. The fourth-order valence-electron chi connectivity index (χ4n) is 2.78. The van der Waals surface area contributed by atoms with E-state index in [0.717, 1.165) is 25.9 Å². The van der Waals surface area contributed by atoms with Crippen molar-refractivity contribution in [2.45, 2.75) is 19.4 Å². The summed E-state index contributed by atoms with van der Waals surface area (Å²) in [7, 11) is 1.50. The molecule has 1 saturated heterocycles. The van der Waals surface area contributed by atoms with Gasteiger partial charge in [-0.05, 0) is 25.0 Å². The van der Waals surface area contributed by atoms with Gasteiger partial charge in [0, 0.05) is 19.2 Å². The smallest absolute Gasteiger partial charge is 0.321 e. The van der Waals surface area contributed by atoms with Crippen LogP contribution in [0.5, 0.6) is 6.01 Å². The van der Waals surface area contributed by atoms with Crippen LogP contribution in [0.3, 0.4) is 0 Å². The van der Waals surface area contributed by atoms with Crippen LogP contribution in [-0.4, -0.2) is 46.2 Å². The molecule has 0 radical (unpaired) electrons. The molecule has 0 atom stereocenters. The summed E-state index contributed by atoms with van der Waals surface area (Å²) in [5.74, 6) is 1.44. The average molecular weight is 370 g/mol. The normalized spacial score (nSPS) is 13.7. The van der Waals surface area contributed by atoms with E-state index in [4.69, 9.17) is 13.7 Å². The van der Waals surface area contributed by atoms with E-state index in [-0.39, 0.29) is 18.2 Å². The second-order valence-electron chi connectivity index (χ2n) is 5.97. The first-order chi connectivity index (χ1) is 13.2. The molecule has 0 unspecified atom stereocenters. The first-order valence-corrected chi connectivity index (χ1v) is 8.55. The zero-order valence-corrected chi connectivity index (χ0v) is 14.7. The van der Waals surface area contributed by atoms with Gasteiger partial charge in [0.25, 0.3) is 5.91 Å². The van der Waals surface area contributed by atoms with Gasteiger partial charge in [-0.3, -0.25) is 4.79 Å². The number of aromatic nitrogens is 4. The van der Waals surface area contributed by atoms with Crippen LogP contribution in [0.2, 0.25) is 0 Å². The number of nitrogens with zero attached hydrogens (tertiary/aromatic N) is 5. The van der Waals surface area contributed by atoms with Gasteiger partial charge in [0.2, 0.25) is 11.7 Å². The molecule has 0 aromatic carbocycles. The molecule has 0 spiro atoms. The minimum atomic E-state index is -0.404. The highest BCUT2D eigenvalue weighted by Crippen LogP contribution is 2.21. The third-order valence-corrected chi connectivity index (χ3v) is 4.13. The molecular weight excluding hydrogens is 352 g/mol. The maximum Gasteiger partial charge on any atom is 0.321 e. The first kappa shape index (κ1) is 17.0. The Kier molecular flexibility index (Phi) is 4.69. The van der Waals surface area contributed by atoms with Crippen molar-refractivity contribution in [2.75, 3.05) is 25.1 Å². The first-order valence-electron chi connectivity index (χ1n) is 8.55. The van der Waals surface area contributed by atoms with Crippen molar-refractivity contribution >= 4 is 11.9 Å². The van der Waals surface area contributed by atoms with Crippen molar-refractivity contribution in [1.82, 2.24) is 25.4 Å². The van der Waals surface area contributed by atoms with E-state index in [9.17, 15) is 4.79 Å². The number of carbonyl (C=O) groups excluding carboxylic acids is 1. The summed E-state index contributed by atoms with van der Waals surface area (Å²) in [5.41, 5.74) is 0.141. The number of carbonyl (C=O) groups is 1. The van der Waals surface area contributed by atoms with Gasteiger partial charge in [0.15, 0.2) is 17.3 Å². The molecule has 4 heterocycles. The minimum absolute atomic E-state index is 0.113. The highest BCUT2D eigenvalue weighted by Gasteiger charge is 2.19. The summed E-state index contributed by atoms with van der Waals surface area (Å²) in [4.78, 5) is 27.3. The summed E-state index contributed by atoms with van der Waals surface area (Å²) >= 11 is 0. The molecule has 1 aliphatic heterocycles. The Morgan fingerprint density at radius 2 is 2.11 bits per heavy atom. The Balaban J connectivity index is 1.45. The van der Waals surface area contributed by atoms with Crippen LogP contribution in [0.4, 0.5) is 5.95 Å². The van der Waals surface area contributed by atoms with Crippen molar-refractivity contribution in [1.29, 1.82) is 0 Å². The van der Waals surface area contributed by atoms with E-state index in [1.54, 1.807) is 12.1 Å². The molecule has 1 N–H and O–H groups in total. The molecule has 4 rings (SSSR count). The van der Waals surface area contributed by atoms with Gasteiger partial charge >= 0.3 is 6.01 Å². The predicted octanol–water partition coefficient (Wildman–Crippen LogP) is 1.66. The van der Waals surface area contributed by atoms with Gasteiger partial charge in [0.05, 0.1) is 19.9 Å². The van der Waals surface area contributed by atoms with E-state index in [1.807, 2.05) is 0 Å². The fourth-order valence-corrected chi connectivity index (χ4v) is 2.78. The lowest BCUT2D eigenvalue weighted by atomic mass is 10.3. The van der Waals surface area contributed by atoms with Crippen molar-refractivity contribution in [2.24, 2.45) is 0 Å². The molecule has 0 aliphatic carbocycles. The van der Waals surface area contributed by atoms with E-state index in [2.05, 4.69) is 30.3 Å². The standard InChI is InChI=1S/C17H18N6O4/c1-25-17-20-14(19-16(21-17)23-6-2-3-7-23)10-18-15(24)11-9-13(27-22-11)12-5-4-8-26-12/h4-5,8-9H,2-3,6-7,10H2,1H3,(H,18,24). The number of rotatable bonds is 6. The molecule has 3 aromatic heterocycles. The van der Waals surface area contributed by atoms with Crippen LogP contribution in [0, 0.1) is 0 Å². The van der Waals surface area contributed by atoms with E-state index < -0.39 is 5.91 Å². The van der Waals surface area contributed by atoms with Crippen molar-refractivity contribution < 1.29 is 18.5 Å². The topological polar surface area (TPSA) is 119 Å². The van der Waals surface area contributed by atoms with E-state index >= 15 is 0 Å². The number of furan rings is 1. The third-order valence-electron chi connectivity index (χ3n) is 4.13. The van der Waals surface area contributed by atoms with Gasteiger partial charge in [-0.15, -0.1) is 0 Å². The van der Waals surface area contributed by atoms with Crippen molar-refractivity contribution in [3.8, 4) is 17.5 Å². The summed E-state index contributed by atoms with van der Waals surface area (Å²) in [6.07, 6.45) is 3.72. The zero-order chi connectivity index (χ0) is 18.6. The van der Waals surface area contributed by atoms with Gasteiger partial charge in [0.1, 0.15) is 0 Å². The monoisotopic (exact) mass is 370 g/mol. The molecule has 0 bridgehead atoms. The number of nitrogens with one attached hydrogen (secondary N) is 1. The zero-order valence-electron chi connectivity index (χ0n) is 14.7. The number of amides is 1. The highest BCUT2D eigenvalue weighted by atomic mass is 16.5. The summed E-state index contributed by atoms with van der Waals surface area (Å²) in [6.45, 7) is 1.91. The molecule has 27 heavy (non-hydrogen) atoms. The number of hydrogen-bond donors (Lipinski definition) is 1. The molecule has 1 aliphatic rings. The van der Waals surface area contributed by atoms with Crippen LogP contribution in [0.1, 0.15) is 29.2 Å². The van der Waals surface area contributed by atoms with Gasteiger partial charge in [-0.1, -0.05) is 5.16 Å². The summed E-state index contributed by atoms with van der Waals surface area (Å²) < 4.78 is 15.5. The maximum absolute atomic E-state index is 12.3. The largest absolute Gasteiger partial charge is 0.467 e. The Morgan fingerprint density at radius 1 is 1.26 bits per heavy atom. The lowest BCUT2D eigenvalue weighted by molar-refractivity contribution is 0.0940. The third kappa shape index (κ3) is 3.73. The number of ether oxygens (including phenoxy) is 1. The number of hydrogen-bond acceptors (Lipinski definition) is 9. The van der Waals surface area contributed by atoms with Gasteiger partial charge in [-0.25, -0.2) is 0 Å². The van der Waals surface area contributed by atoms with Crippen LogP contribution >= 0.6 is 0 Å². The van der Waals surface area contributed by atoms with Crippen LogP contribution in [0.25, 0.3) is 11.5 Å². The average Bonchev–Trinajstić information content (AvgIpc) is 3.46. The molecular formula is C17H18N6O4. The second kappa shape index (κ2) is 7.44. The highest BCUT2D eigenvalue weighted by molar-refractivity contribution is 5.92. The Morgan fingerprint density at radius 3 is 2.85 bits per heavy atom. The molecule has 1 fully saturated rings. The molecule has 1 amide bonds. The fraction of sp³-hybridized carbons (Fsp3) is 0.353. The summed E-state index contributed by atoms with van der Waals surface area (Å²) in [6, 6.07) is 5.18. The summed E-state index contributed by atoms with van der Waals surface area (Å²) in [5, 5.41) is 6.49. The quantitative estimate of drug-likeness (QED) is 0.690. The molecule has 3 aromatic rings. The van der Waals surface area contributed by atoms with E-state index in [1.165, 1.54) is 19.4 Å².